The Morgan fingerprint density at radius 2 is 1.67 bits per heavy atom. The van der Waals surface area contributed by atoms with Crippen LogP contribution in [0.25, 0.3) is 0 Å². The van der Waals surface area contributed by atoms with Crippen molar-refractivity contribution in [2.24, 2.45) is 16.3 Å². The lowest BCUT2D eigenvalue weighted by atomic mass is 9.77. The number of piperazine rings is 1. The van der Waals surface area contributed by atoms with Gasteiger partial charge in [0.15, 0.2) is 5.84 Å². The number of carbonyl (C=O) groups excluding carboxylic acids is 3. The first kappa shape index (κ1) is 15.3. The Morgan fingerprint density at radius 1 is 1.14 bits per heavy atom. The predicted molar refractivity (Wildman–Crippen MR) is 73.3 cm³/mol. The summed E-state index contributed by atoms with van der Waals surface area (Å²) in [6, 6.07) is 0. The highest BCUT2D eigenvalue weighted by molar-refractivity contribution is 6.10. The van der Waals surface area contributed by atoms with Crippen LogP contribution in [0, 0.1) is 5.41 Å². The normalized spacial score (nSPS) is 23.4. The minimum absolute atomic E-state index is 0.132. The summed E-state index contributed by atoms with van der Waals surface area (Å²) in [6.45, 7) is -0.351. The van der Waals surface area contributed by atoms with Crippen molar-refractivity contribution in [3.8, 4) is 0 Å². The first-order valence-corrected chi connectivity index (χ1v) is 7.09. The standard InChI is InChI=1S/C13H20N4O4/c14-11(16-21)13(5-3-1-2-4-6-13)12(20)17-7-9(18)15-10(19)8-17/h21H,1-8H2,(H2,14,16)(H,15,18,19). The number of oxime groups is 1. The summed E-state index contributed by atoms with van der Waals surface area (Å²) in [5.74, 6) is -1.55. The number of nitrogens with one attached hydrogen (secondary N) is 1. The molecule has 0 aromatic rings. The molecule has 2 fully saturated rings. The van der Waals surface area contributed by atoms with Crippen molar-refractivity contribution in [1.82, 2.24) is 10.2 Å². The Labute approximate surface area is 122 Å². The van der Waals surface area contributed by atoms with Crippen molar-refractivity contribution >= 4 is 23.6 Å². The maximum absolute atomic E-state index is 12.8. The van der Waals surface area contributed by atoms with E-state index in [2.05, 4.69) is 10.5 Å². The highest BCUT2D eigenvalue weighted by atomic mass is 16.4. The summed E-state index contributed by atoms with van der Waals surface area (Å²) in [5.41, 5.74) is 4.69. The molecule has 0 radical (unpaired) electrons. The lowest BCUT2D eigenvalue weighted by Crippen LogP contribution is -2.59. The number of nitrogens with two attached hydrogens (primary N) is 1. The molecule has 0 aromatic carbocycles. The molecular weight excluding hydrogens is 276 g/mol. The largest absolute Gasteiger partial charge is 0.409 e. The molecule has 3 amide bonds. The van der Waals surface area contributed by atoms with Gasteiger partial charge in [-0.3, -0.25) is 19.7 Å². The number of carbonyl (C=O) groups is 3. The van der Waals surface area contributed by atoms with Gasteiger partial charge in [-0.25, -0.2) is 0 Å². The minimum Gasteiger partial charge on any atom is -0.409 e. The molecule has 2 aliphatic rings. The van der Waals surface area contributed by atoms with Crippen LogP contribution in [0.3, 0.4) is 0 Å². The monoisotopic (exact) mass is 296 g/mol. The summed E-state index contributed by atoms with van der Waals surface area (Å²) in [4.78, 5) is 36.9. The molecule has 8 heteroatoms. The molecule has 1 aliphatic carbocycles. The van der Waals surface area contributed by atoms with E-state index in [0.29, 0.717) is 12.8 Å². The molecule has 8 nitrogen and oxygen atoms in total. The lowest BCUT2D eigenvalue weighted by Gasteiger charge is -2.36. The summed E-state index contributed by atoms with van der Waals surface area (Å²) < 4.78 is 0. The smallest absolute Gasteiger partial charge is 0.246 e. The van der Waals surface area contributed by atoms with Crippen LogP contribution < -0.4 is 11.1 Å². The second kappa shape index (κ2) is 6.11. The number of amides is 3. The number of amidine groups is 1. The summed E-state index contributed by atoms with van der Waals surface area (Å²) >= 11 is 0. The molecule has 1 aliphatic heterocycles. The Bertz CT molecular complexity index is 465. The number of imide groups is 1. The fourth-order valence-electron chi connectivity index (χ4n) is 3.09. The molecule has 0 spiro atoms. The van der Waals surface area contributed by atoms with E-state index in [-0.39, 0.29) is 18.9 Å². The highest BCUT2D eigenvalue weighted by Crippen LogP contribution is 2.37. The number of hydrogen-bond donors (Lipinski definition) is 3. The molecule has 1 saturated heterocycles. The van der Waals surface area contributed by atoms with E-state index >= 15 is 0 Å². The molecular formula is C13H20N4O4. The van der Waals surface area contributed by atoms with Crippen LogP contribution in [-0.4, -0.2) is 46.8 Å². The van der Waals surface area contributed by atoms with E-state index in [0.717, 1.165) is 25.7 Å². The van der Waals surface area contributed by atoms with E-state index in [1.807, 2.05) is 0 Å². The summed E-state index contributed by atoms with van der Waals surface area (Å²) in [5, 5.41) is 14.2. The predicted octanol–water partition coefficient (Wildman–Crippen LogP) is -0.442. The average molecular weight is 296 g/mol. The van der Waals surface area contributed by atoms with Gasteiger partial charge >= 0.3 is 0 Å². The molecule has 4 N–H and O–H groups in total. The van der Waals surface area contributed by atoms with Crippen molar-refractivity contribution in [3.63, 3.8) is 0 Å². The van der Waals surface area contributed by atoms with Crippen LogP contribution in [0.2, 0.25) is 0 Å². The van der Waals surface area contributed by atoms with Gasteiger partial charge in [-0.2, -0.15) is 0 Å². The first-order chi connectivity index (χ1) is 9.99. The van der Waals surface area contributed by atoms with Crippen molar-refractivity contribution < 1.29 is 19.6 Å². The van der Waals surface area contributed by atoms with E-state index in [1.54, 1.807) is 0 Å². The molecule has 0 unspecified atom stereocenters. The maximum Gasteiger partial charge on any atom is 0.246 e. The third-order valence-electron chi connectivity index (χ3n) is 4.20. The zero-order chi connectivity index (χ0) is 15.5. The summed E-state index contributed by atoms with van der Waals surface area (Å²) in [6.07, 6.45) is 4.47. The van der Waals surface area contributed by atoms with Crippen molar-refractivity contribution in [2.75, 3.05) is 13.1 Å². The van der Waals surface area contributed by atoms with E-state index < -0.39 is 23.1 Å². The average Bonchev–Trinajstić information content (AvgIpc) is 2.71. The van der Waals surface area contributed by atoms with Crippen LogP contribution in [0.5, 0.6) is 0 Å². The van der Waals surface area contributed by atoms with E-state index in [4.69, 9.17) is 10.9 Å². The number of nitrogens with zero attached hydrogens (tertiary/aromatic N) is 2. The minimum atomic E-state index is -1.11. The zero-order valence-electron chi connectivity index (χ0n) is 11.8. The molecule has 1 saturated carbocycles. The molecule has 0 aromatic heterocycles. The lowest BCUT2D eigenvalue weighted by molar-refractivity contribution is -0.149. The maximum atomic E-state index is 12.8. The highest BCUT2D eigenvalue weighted by Gasteiger charge is 2.46. The van der Waals surface area contributed by atoms with Gasteiger partial charge < -0.3 is 15.8 Å². The Balaban J connectivity index is 2.29. The van der Waals surface area contributed by atoms with E-state index in [9.17, 15) is 14.4 Å². The zero-order valence-corrected chi connectivity index (χ0v) is 11.8. The van der Waals surface area contributed by atoms with Crippen LogP contribution >= 0.6 is 0 Å². The number of rotatable bonds is 2. The van der Waals surface area contributed by atoms with Crippen LogP contribution in [0.4, 0.5) is 0 Å². The van der Waals surface area contributed by atoms with E-state index in [1.165, 1.54) is 4.90 Å². The van der Waals surface area contributed by atoms with Gasteiger partial charge in [0.25, 0.3) is 0 Å². The van der Waals surface area contributed by atoms with Gasteiger partial charge in [-0.05, 0) is 12.8 Å². The second-order valence-electron chi connectivity index (χ2n) is 5.61. The fraction of sp³-hybridized carbons (Fsp3) is 0.692. The molecule has 116 valence electrons. The topological polar surface area (TPSA) is 125 Å². The van der Waals surface area contributed by atoms with Crippen molar-refractivity contribution in [3.05, 3.63) is 0 Å². The molecule has 0 atom stereocenters. The van der Waals surface area contributed by atoms with Crippen molar-refractivity contribution in [2.45, 2.75) is 38.5 Å². The SMILES string of the molecule is NC(=NO)C1(C(=O)N2CC(=O)NC(=O)C2)CCCCCC1. The van der Waals surface area contributed by atoms with Gasteiger partial charge in [-0.1, -0.05) is 30.8 Å². The third-order valence-corrected chi connectivity index (χ3v) is 4.20. The third kappa shape index (κ3) is 2.98. The van der Waals surface area contributed by atoms with Crippen LogP contribution in [0.1, 0.15) is 38.5 Å². The Morgan fingerprint density at radius 3 is 2.14 bits per heavy atom. The van der Waals surface area contributed by atoms with Crippen molar-refractivity contribution in [1.29, 1.82) is 0 Å². The molecule has 1 heterocycles. The molecule has 21 heavy (non-hydrogen) atoms. The fourth-order valence-corrected chi connectivity index (χ4v) is 3.09. The molecule has 2 rings (SSSR count). The number of hydrogen-bond acceptors (Lipinski definition) is 5. The Hall–Kier alpha value is -2.12. The Kier molecular flexibility index (Phi) is 4.44. The summed E-state index contributed by atoms with van der Waals surface area (Å²) in [7, 11) is 0. The van der Waals surface area contributed by atoms with Crippen LogP contribution in [-0.2, 0) is 14.4 Å². The second-order valence-corrected chi connectivity index (χ2v) is 5.61. The van der Waals surface area contributed by atoms with Gasteiger partial charge in [0.05, 0.1) is 0 Å². The van der Waals surface area contributed by atoms with Crippen LogP contribution in [0.15, 0.2) is 5.16 Å². The quantitative estimate of drug-likeness (QED) is 0.159. The van der Waals surface area contributed by atoms with Gasteiger partial charge in [-0.15, -0.1) is 0 Å². The van der Waals surface area contributed by atoms with Gasteiger partial charge in [0.2, 0.25) is 17.7 Å². The van der Waals surface area contributed by atoms with Gasteiger partial charge in [0, 0.05) is 0 Å². The first-order valence-electron chi connectivity index (χ1n) is 7.09. The molecule has 0 bridgehead atoms. The van der Waals surface area contributed by atoms with Gasteiger partial charge in [0.1, 0.15) is 18.5 Å².